The van der Waals surface area contributed by atoms with Gasteiger partial charge in [-0.2, -0.15) is 13.2 Å². The van der Waals surface area contributed by atoms with Gasteiger partial charge in [0.1, 0.15) is 0 Å². The van der Waals surface area contributed by atoms with Crippen LogP contribution in [0.15, 0.2) is 17.4 Å². The fourth-order valence-electron chi connectivity index (χ4n) is 1.80. The highest BCUT2D eigenvalue weighted by Crippen LogP contribution is 2.33. The van der Waals surface area contributed by atoms with Gasteiger partial charge in [0, 0.05) is 12.7 Å². The van der Waals surface area contributed by atoms with Crippen LogP contribution in [0.3, 0.4) is 0 Å². The van der Waals surface area contributed by atoms with E-state index >= 15 is 0 Å². The zero-order valence-corrected chi connectivity index (χ0v) is 14.6. The van der Waals surface area contributed by atoms with Gasteiger partial charge in [0.2, 0.25) is 5.91 Å². The van der Waals surface area contributed by atoms with Gasteiger partial charge in [0.25, 0.3) is 0 Å². The van der Waals surface area contributed by atoms with Crippen molar-refractivity contribution in [2.24, 2.45) is 0 Å². The number of nitrogens with one attached hydrogen (secondary N) is 2. The van der Waals surface area contributed by atoms with Gasteiger partial charge in [0.05, 0.1) is 15.8 Å². The monoisotopic (exact) mass is 395 g/mol. The second-order valence-electron chi connectivity index (χ2n) is 4.86. The second-order valence-corrected chi connectivity index (χ2v) is 6.57. The van der Waals surface area contributed by atoms with Crippen molar-refractivity contribution in [1.82, 2.24) is 25.2 Å². The van der Waals surface area contributed by atoms with E-state index in [1.165, 1.54) is 6.92 Å². The zero-order valence-electron chi connectivity index (χ0n) is 13.0. The van der Waals surface area contributed by atoms with Crippen molar-refractivity contribution in [1.29, 1.82) is 0 Å². The number of amides is 3. The topological polar surface area (TPSA) is 88.4 Å². The summed E-state index contributed by atoms with van der Waals surface area (Å²) in [6.07, 6.45) is -3.79. The molecule has 3 amide bonds. The van der Waals surface area contributed by atoms with E-state index in [-0.39, 0.29) is 15.8 Å². The molecule has 0 bridgehead atoms. The lowest BCUT2D eigenvalue weighted by atomic mass is 10.3. The minimum Gasteiger partial charge on any atom is -0.338 e. The van der Waals surface area contributed by atoms with Crippen molar-refractivity contribution in [2.75, 3.05) is 6.54 Å². The molecule has 0 aliphatic rings. The molecule has 0 fully saturated rings. The molecule has 2 aromatic rings. The van der Waals surface area contributed by atoms with E-state index in [1.54, 1.807) is 6.92 Å². The van der Waals surface area contributed by atoms with Gasteiger partial charge in [-0.3, -0.25) is 14.5 Å². The van der Waals surface area contributed by atoms with Gasteiger partial charge in [-0.1, -0.05) is 23.4 Å². The fourth-order valence-corrected chi connectivity index (χ4v) is 2.87. The molecule has 7 nitrogen and oxygen atoms in total. The van der Waals surface area contributed by atoms with Gasteiger partial charge in [0.15, 0.2) is 10.8 Å². The summed E-state index contributed by atoms with van der Waals surface area (Å²) < 4.78 is 39.8. The number of halogens is 4. The number of aromatic nitrogens is 3. The summed E-state index contributed by atoms with van der Waals surface area (Å²) >= 11 is 6.67. The lowest BCUT2D eigenvalue weighted by Gasteiger charge is -2.11. The first-order valence-corrected chi connectivity index (χ1v) is 8.26. The third-order valence-corrected chi connectivity index (χ3v) is 4.32. The minimum absolute atomic E-state index is 0.0356. The first-order valence-electron chi connectivity index (χ1n) is 7.00. The Hall–Kier alpha value is -2.01. The van der Waals surface area contributed by atoms with E-state index in [9.17, 15) is 22.8 Å². The van der Waals surface area contributed by atoms with Crippen molar-refractivity contribution in [3.8, 4) is 0 Å². The number of imide groups is 1. The minimum atomic E-state index is -4.59. The average molecular weight is 396 g/mol. The number of thioether (sulfide) groups is 1. The predicted octanol–water partition coefficient (Wildman–Crippen LogP) is 2.73. The lowest BCUT2D eigenvalue weighted by molar-refractivity contribution is -0.137. The smallest absolute Gasteiger partial charge is 0.338 e. The Kier molecular flexibility index (Phi) is 5.78. The van der Waals surface area contributed by atoms with Crippen LogP contribution in [0.5, 0.6) is 0 Å². The number of urea groups is 1. The number of hydrogen-bond acceptors (Lipinski definition) is 5. The normalized spacial score (nSPS) is 12.9. The molecule has 1 atom stereocenters. The van der Waals surface area contributed by atoms with Gasteiger partial charge >= 0.3 is 12.2 Å². The Morgan fingerprint density at radius 2 is 2.08 bits per heavy atom. The summed E-state index contributed by atoms with van der Waals surface area (Å²) in [5.74, 6) is -0.620. The van der Waals surface area contributed by atoms with Crippen LogP contribution in [0, 0.1) is 0 Å². The number of alkyl halides is 3. The van der Waals surface area contributed by atoms with Gasteiger partial charge in [-0.25, -0.2) is 4.79 Å². The first kappa shape index (κ1) is 19.3. The molecule has 25 heavy (non-hydrogen) atoms. The van der Waals surface area contributed by atoms with E-state index < -0.39 is 28.9 Å². The van der Waals surface area contributed by atoms with Crippen molar-refractivity contribution in [3.63, 3.8) is 0 Å². The number of rotatable bonds is 4. The van der Waals surface area contributed by atoms with Crippen LogP contribution in [0.1, 0.15) is 19.4 Å². The Labute approximate surface area is 149 Å². The molecule has 0 aromatic carbocycles. The summed E-state index contributed by atoms with van der Waals surface area (Å²) in [5, 5.41) is 11.0. The average Bonchev–Trinajstić information content (AvgIpc) is 2.90. The van der Waals surface area contributed by atoms with Crippen LogP contribution in [0.25, 0.3) is 5.65 Å². The zero-order chi connectivity index (χ0) is 18.8. The quantitative estimate of drug-likeness (QED) is 0.777. The molecule has 0 spiro atoms. The SMILES string of the molecule is CCNC(=O)NC(=O)C(C)Sc1nnc2c(Cl)cc(C(F)(F)F)cn12. The third kappa shape index (κ3) is 4.54. The number of carbonyl (C=O) groups excluding carboxylic acids is 2. The van der Waals surface area contributed by atoms with Gasteiger partial charge < -0.3 is 5.32 Å². The molecule has 0 radical (unpaired) electrons. The van der Waals surface area contributed by atoms with Crippen molar-refractivity contribution >= 4 is 40.9 Å². The molecule has 0 aliphatic carbocycles. The van der Waals surface area contributed by atoms with E-state index in [2.05, 4.69) is 20.8 Å². The highest BCUT2D eigenvalue weighted by molar-refractivity contribution is 8.00. The number of pyridine rings is 1. The molecule has 0 saturated heterocycles. The molecule has 0 saturated carbocycles. The number of carbonyl (C=O) groups is 2. The first-order chi connectivity index (χ1) is 11.6. The van der Waals surface area contributed by atoms with E-state index in [4.69, 9.17) is 11.6 Å². The van der Waals surface area contributed by atoms with Crippen LogP contribution in [0.4, 0.5) is 18.0 Å². The maximum absolute atomic E-state index is 12.9. The number of nitrogens with zero attached hydrogens (tertiary/aromatic N) is 3. The van der Waals surface area contributed by atoms with E-state index in [1.807, 2.05) is 0 Å². The highest BCUT2D eigenvalue weighted by atomic mass is 35.5. The Morgan fingerprint density at radius 1 is 1.40 bits per heavy atom. The van der Waals surface area contributed by atoms with Crippen molar-refractivity contribution in [3.05, 3.63) is 22.8 Å². The second kappa shape index (κ2) is 7.48. The lowest BCUT2D eigenvalue weighted by Crippen LogP contribution is -2.42. The molecule has 12 heteroatoms. The molecule has 2 aromatic heterocycles. The standard InChI is InChI=1S/C13H13ClF3N5O2S/c1-3-18-11(24)19-10(23)6(2)25-12-21-20-9-8(14)4-7(5-22(9)12)13(15,16)17/h4-6H,3H2,1-2H3,(H2,18,19,23,24). The summed E-state index contributed by atoms with van der Waals surface area (Å²) in [6, 6.07) is 0.0964. The van der Waals surface area contributed by atoms with Gasteiger partial charge in [-0.05, 0) is 19.9 Å². The van der Waals surface area contributed by atoms with Crippen LogP contribution in [-0.4, -0.2) is 38.3 Å². The third-order valence-electron chi connectivity index (χ3n) is 2.98. The van der Waals surface area contributed by atoms with E-state index in [0.29, 0.717) is 6.54 Å². The molecule has 1 unspecified atom stereocenters. The predicted molar refractivity (Wildman–Crippen MR) is 85.5 cm³/mol. The van der Waals surface area contributed by atoms with Crippen molar-refractivity contribution < 1.29 is 22.8 Å². The number of hydrogen-bond donors (Lipinski definition) is 2. The highest BCUT2D eigenvalue weighted by Gasteiger charge is 2.32. The molecule has 2 heterocycles. The molecule has 0 aliphatic heterocycles. The molecule has 2 N–H and O–H groups in total. The Morgan fingerprint density at radius 3 is 2.68 bits per heavy atom. The molecular weight excluding hydrogens is 383 g/mol. The largest absolute Gasteiger partial charge is 0.417 e. The maximum atomic E-state index is 12.9. The summed E-state index contributed by atoms with van der Waals surface area (Å²) in [6.45, 7) is 3.51. The summed E-state index contributed by atoms with van der Waals surface area (Å²) in [7, 11) is 0. The molecule has 2 rings (SSSR count). The van der Waals surface area contributed by atoms with Crippen LogP contribution < -0.4 is 10.6 Å². The van der Waals surface area contributed by atoms with Crippen LogP contribution >= 0.6 is 23.4 Å². The molecular formula is C13H13ClF3N5O2S. The maximum Gasteiger partial charge on any atom is 0.417 e. The van der Waals surface area contributed by atoms with E-state index in [0.717, 1.165) is 28.4 Å². The van der Waals surface area contributed by atoms with Gasteiger partial charge in [-0.15, -0.1) is 10.2 Å². The van der Waals surface area contributed by atoms with Crippen molar-refractivity contribution in [2.45, 2.75) is 30.4 Å². The summed E-state index contributed by atoms with van der Waals surface area (Å²) in [4.78, 5) is 23.3. The van der Waals surface area contributed by atoms with Crippen LogP contribution in [-0.2, 0) is 11.0 Å². The van der Waals surface area contributed by atoms with Crippen LogP contribution in [0.2, 0.25) is 5.02 Å². The number of fused-ring (bicyclic) bond motifs is 1. The Bertz CT molecular complexity index is 811. The Balaban J connectivity index is 2.25. The molecule has 136 valence electrons. The summed E-state index contributed by atoms with van der Waals surface area (Å²) in [5.41, 5.74) is -0.931. The fraction of sp³-hybridized carbons (Fsp3) is 0.385.